The van der Waals surface area contributed by atoms with E-state index < -0.39 is 6.10 Å². The zero-order valence-electron chi connectivity index (χ0n) is 13.7. The SMILES string of the molecule is CC(Oc1ccc(F)cc1)C(=O)Nc1ccc(C(=O)N(C)C)cc1. The molecule has 0 saturated carbocycles. The van der Waals surface area contributed by atoms with E-state index in [9.17, 15) is 14.0 Å². The molecule has 0 aliphatic carbocycles. The third-order valence-corrected chi connectivity index (χ3v) is 3.30. The molecule has 2 rings (SSSR count). The highest BCUT2D eigenvalue weighted by Crippen LogP contribution is 2.15. The lowest BCUT2D eigenvalue weighted by atomic mass is 10.2. The van der Waals surface area contributed by atoms with Crippen LogP contribution in [0.25, 0.3) is 0 Å². The first-order valence-electron chi connectivity index (χ1n) is 7.41. The largest absolute Gasteiger partial charge is 0.481 e. The van der Waals surface area contributed by atoms with Crippen molar-refractivity contribution in [3.63, 3.8) is 0 Å². The first-order valence-corrected chi connectivity index (χ1v) is 7.41. The molecule has 24 heavy (non-hydrogen) atoms. The number of hydrogen-bond acceptors (Lipinski definition) is 3. The van der Waals surface area contributed by atoms with E-state index in [0.717, 1.165) is 0 Å². The van der Waals surface area contributed by atoms with E-state index in [1.165, 1.54) is 29.2 Å². The smallest absolute Gasteiger partial charge is 0.265 e. The number of carbonyl (C=O) groups is 2. The molecule has 1 atom stereocenters. The number of hydrogen-bond donors (Lipinski definition) is 1. The summed E-state index contributed by atoms with van der Waals surface area (Å²) in [4.78, 5) is 25.4. The van der Waals surface area contributed by atoms with E-state index in [4.69, 9.17) is 4.74 Å². The number of anilines is 1. The maximum Gasteiger partial charge on any atom is 0.265 e. The van der Waals surface area contributed by atoms with Gasteiger partial charge in [-0.3, -0.25) is 9.59 Å². The van der Waals surface area contributed by atoms with Crippen molar-refractivity contribution >= 4 is 17.5 Å². The molecule has 0 saturated heterocycles. The number of nitrogens with zero attached hydrogens (tertiary/aromatic N) is 1. The Morgan fingerprint density at radius 3 is 2.17 bits per heavy atom. The summed E-state index contributed by atoms with van der Waals surface area (Å²) in [5, 5.41) is 2.71. The van der Waals surface area contributed by atoms with Gasteiger partial charge in [-0.15, -0.1) is 0 Å². The van der Waals surface area contributed by atoms with Crippen LogP contribution in [0.2, 0.25) is 0 Å². The highest BCUT2D eigenvalue weighted by Gasteiger charge is 2.15. The van der Waals surface area contributed by atoms with Crippen LogP contribution in [-0.2, 0) is 4.79 Å². The fourth-order valence-corrected chi connectivity index (χ4v) is 1.97. The van der Waals surface area contributed by atoms with Crippen molar-refractivity contribution in [2.24, 2.45) is 0 Å². The van der Waals surface area contributed by atoms with Gasteiger partial charge in [-0.05, 0) is 55.5 Å². The van der Waals surface area contributed by atoms with Gasteiger partial charge < -0.3 is 15.0 Å². The van der Waals surface area contributed by atoms with Crippen LogP contribution in [-0.4, -0.2) is 36.9 Å². The summed E-state index contributed by atoms with van der Waals surface area (Å²) in [6.07, 6.45) is -0.751. The zero-order valence-corrected chi connectivity index (χ0v) is 13.7. The number of carbonyl (C=O) groups excluding carboxylic acids is 2. The predicted molar refractivity (Wildman–Crippen MR) is 89.6 cm³/mol. The van der Waals surface area contributed by atoms with Gasteiger partial charge in [0, 0.05) is 25.3 Å². The molecular weight excluding hydrogens is 311 g/mol. The normalized spacial score (nSPS) is 11.5. The lowest BCUT2D eigenvalue weighted by Crippen LogP contribution is -2.30. The van der Waals surface area contributed by atoms with Crippen molar-refractivity contribution < 1.29 is 18.7 Å². The monoisotopic (exact) mass is 330 g/mol. The van der Waals surface area contributed by atoms with Crippen LogP contribution in [0.4, 0.5) is 10.1 Å². The van der Waals surface area contributed by atoms with Crippen LogP contribution >= 0.6 is 0 Å². The predicted octanol–water partition coefficient (Wildman–Crippen LogP) is 2.93. The van der Waals surface area contributed by atoms with Crippen LogP contribution < -0.4 is 10.1 Å². The van der Waals surface area contributed by atoms with Gasteiger partial charge in [-0.25, -0.2) is 4.39 Å². The molecule has 0 aromatic heterocycles. The first kappa shape index (κ1) is 17.5. The summed E-state index contributed by atoms with van der Waals surface area (Å²) in [6, 6.07) is 12.0. The molecule has 0 bridgehead atoms. The van der Waals surface area contributed by atoms with Gasteiger partial charge >= 0.3 is 0 Å². The number of rotatable bonds is 5. The standard InChI is InChI=1S/C18H19FN2O3/c1-12(24-16-10-6-14(19)7-11-16)17(22)20-15-8-4-13(5-9-15)18(23)21(2)3/h4-12H,1-3H3,(H,20,22). The molecule has 1 N–H and O–H groups in total. The Labute approximate surface area is 140 Å². The lowest BCUT2D eigenvalue weighted by Gasteiger charge is -2.15. The number of benzene rings is 2. The molecule has 0 aliphatic heterocycles. The molecule has 0 aliphatic rings. The highest BCUT2D eigenvalue weighted by atomic mass is 19.1. The molecule has 0 radical (unpaired) electrons. The molecular formula is C18H19FN2O3. The molecule has 5 nitrogen and oxygen atoms in total. The second kappa shape index (κ2) is 7.59. The van der Waals surface area contributed by atoms with Gasteiger partial charge in [0.1, 0.15) is 11.6 Å². The van der Waals surface area contributed by atoms with E-state index in [-0.39, 0.29) is 17.6 Å². The Hall–Kier alpha value is -2.89. The molecule has 6 heteroatoms. The molecule has 0 fully saturated rings. The summed E-state index contributed by atoms with van der Waals surface area (Å²) >= 11 is 0. The van der Waals surface area contributed by atoms with Crippen LogP contribution in [0, 0.1) is 5.82 Å². The van der Waals surface area contributed by atoms with E-state index in [1.54, 1.807) is 45.3 Å². The van der Waals surface area contributed by atoms with Crippen molar-refractivity contribution in [2.45, 2.75) is 13.0 Å². The van der Waals surface area contributed by atoms with Gasteiger partial charge in [0.05, 0.1) is 0 Å². The van der Waals surface area contributed by atoms with Crippen LogP contribution in [0.1, 0.15) is 17.3 Å². The number of amides is 2. The summed E-state index contributed by atoms with van der Waals surface area (Å²) in [7, 11) is 3.35. The van der Waals surface area contributed by atoms with Crippen molar-refractivity contribution in [1.82, 2.24) is 4.90 Å². The molecule has 0 spiro atoms. The zero-order chi connectivity index (χ0) is 17.7. The Morgan fingerprint density at radius 2 is 1.62 bits per heavy atom. The van der Waals surface area contributed by atoms with Crippen LogP contribution in [0.15, 0.2) is 48.5 Å². The fourth-order valence-electron chi connectivity index (χ4n) is 1.97. The molecule has 0 heterocycles. The van der Waals surface area contributed by atoms with Gasteiger partial charge in [-0.2, -0.15) is 0 Å². The van der Waals surface area contributed by atoms with Crippen LogP contribution in [0.3, 0.4) is 0 Å². The maximum atomic E-state index is 12.8. The average Bonchev–Trinajstić information content (AvgIpc) is 2.56. The topological polar surface area (TPSA) is 58.6 Å². The summed E-state index contributed by atoms with van der Waals surface area (Å²) in [6.45, 7) is 1.60. The van der Waals surface area contributed by atoms with Crippen molar-refractivity contribution in [1.29, 1.82) is 0 Å². The minimum absolute atomic E-state index is 0.110. The fraction of sp³-hybridized carbons (Fsp3) is 0.222. The molecule has 1 unspecified atom stereocenters. The molecule has 126 valence electrons. The van der Waals surface area contributed by atoms with Gasteiger partial charge in [0.25, 0.3) is 11.8 Å². The molecule has 2 aromatic rings. The summed E-state index contributed by atoms with van der Waals surface area (Å²) in [5.74, 6) is -0.412. The Morgan fingerprint density at radius 1 is 1.04 bits per heavy atom. The van der Waals surface area contributed by atoms with Gasteiger partial charge in [0.2, 0.25) is 0 Å². The number of nitrogens with one attached hydrogen (secondary N) is 1. The van der Waals surface area contributed by atoms with Crippen molar-refractivity contribution in [2.75, 3.05) is 19.4 Å². The Balaban J connectivity index is 1.96. The maximum absolute atomic E-state index is 12.8. The molecule has 2 amide bonds. The quantitative estimate of drug-likeness (QED) is 0.917. The van der Waals surface area contributed by atoms with E-state index in [1.807, 2.05) is 0 Å². The van der Waals surface area contributed by atoms with Crippen LogP contribution in [0.5, 0.6) is 5.75 Å². The van der Waals surface area contributed by atoms with Gasteiger partial charge in [-0.1, -0.05) is 0 Å². The third kappa shape index (κ3) is 4.55. The minimum atomic E-state index is -0.751. The summed E-state index contributed by atoms with van der Waals surface area (Å²) in [5.41, 5.74) is 1.10. The Kier molecular flexibility index (Phi) is 5.52. The number of ether oxygens (including phenoxy) is 1. The minimum Gasteiger partial charge on any atom is -0.481 e. The van der Waals surface area contributed by atoms with E-state index >= 15 is 0 Å². The number of halogens is 1. The highest BCUT2D eigenvalue weighted by molar-refractivity contribution is 5.96. The average molecular weight is 330 g/mol. The summed E-state index contributed by atoms with van der Waals surface area (Å²) < 4.78 is 18.3. The van der Waals surface area contributed by atoms with Crippen molar-refractivity contribution in [3.8, 4) is 5.75 Å². The first-order chi connectivity index (χ1) is 11.4. The van der Waals surface area contributed by atoms with E-state index in [2.05, 4.69) is 5.32 Å². The lowest BCUT2D eigenvalue weighted by molar-refractivity contribution is -0.122. The second-order valence-electron chi connectivity index (χ2n) is 5.48. The van der Waals surface area contributed by atoms with E-state index in [0.29, 0.717) is 17.0 Å². The van der Waals surface area contributed by atoms with Gasteiger partial charge in [0.15, 0.2) is 6.10 Å². The Bertz CT molecular complexity index is 712. The second-order valence-corrected chi connectivity index (χ2v) is 5.48. The third-order valence-electron chi connectivity index (χ3n) is 3.30. The molecule has 2 aromatic carbocycles. The van der Waals surface area contributed by atoms with Crippen molar-refractivity contribution in [3.05, 3.63) is 59.9 Å².